The van der Waals surface area contributed by atoms with E-state index < -0.39 is 4.92 Å². The summed E-state index contributed by atoms with van der Waals surface area (Å²) in [6.07, 6.45) is 2.31. The Kier molecular flexibility index (Phi) is 3.35. The molecule has 0 aliphatic heterocycles. The van der Waals surface area contributed by atoms with Crippen molar-refractivity contribution in [2.75, 3.05) is 0 Å². The molecule has 0 amide bonds. The summed E-state index contributed by atoms with van der Waals surface area (Å²) >= 11 is 5.85. The molecule has 1 aromatic carbocycles. The fourth-order valence-electron chi connectivity index (χ4n) is 1.94. The Bertz CT molecular complexity index is 457. The first-order valence-electron chi connectivity index (χ1n) is 5.60. The molecular formula is C12H14ClNO3. The van der Waals surface area contributed by atoms with E-state index in [0.717, 1.165) is 24.0 Å². The summed E-state index contributed by atoms with van der Waals surface area (Å²) in [6, 6.07) is 3.07. The van der Waals surface area contributed by atoms with Crippen LogP contribution in [0.1, 0.15) is 24.0 Å². The number of rotatable bonds is 4. The first-order valence-corrected chi connectivity index (χ1v) is 5.98. The Morgan fingerprint density at radius 1 is 1.59 bits per heavy atom. The van der Waals surface area contributed by atoms with Crippen molar-refractivity contribution in [2.45, 2.75) is 32.3 Å². The first kappa shape index (κ1) is 12.3. The molecule has 0 saturated heterocycles. The number of aryl methyl sites for hydroxylation is 1. The van der Waals surface area contributed by atoms with Gasteiger partial charge in [-0.05, 0) is 49.3 Å². The van der Waals surface area contributed by atoms with Gasteiger partial charge >= 0.3 is 0 Å². The summed E-state index contributed by atoms with van der Waals surface area (Å²) in [7, 11) is 0. The molecular weight excluding hydrogens is 242 g/mol. The normalized spacial score (nSPS) is 16.9. The molecule has 1 aromatic rings. The van der Waals surface area contributed by atoms with Crippen molar-refractivity contribution < 1.29 is 10.0 Å². The topological polar surface area (TPSA) is 63.4 Å². The van der Waals surface area contributed by atoms with Crippen molar-refractivity contribution in [3.8, 4) is 0 Å². The predicted octanol–water partition coefficient (Wildman–Crippen LogP) is 2.87. The Hall–Kier alpha value is -1.13. The maximum absolute atomic E-state index is 10.7. The minimum absolute atomic E-state index is 0.0752. The van der Waals surface area contributed by atoms with E-state index in [1.54, 1.807) is 13.0 Å². The standard InChI is InChI=1S/C12H14ClNO3/c1-7-4-11(14(16)17)10(13)5-9(7)6-12(15)8-2-3-8/h4-5,8,12,15H,2-3,6H2,1H3. The van der Waals surface area contributed by atoms with Gasteiger partial charge in [0.1, 0.15) is 5.02 Å². The smallest absolute Gasteiger partial charge is 0.288 e. The fraction of sp³-hybridized carbons (Fsp3) is 0.500. The number of nitro benzene ring substituents is 1. The lowest BCUT2D eigenvalue weighted by atomic mass is 10.00. The van der Waals surface area contributed by atoms with Crippen LogP contribution in [0.4, 0.5) is 5.69 Å². The third kappa shape index (κ3) is 2.76. The first-order chi connectivity index (χ1) is 7.99. The van der Waals surface area contributed by atoms with Gasteiger partial charge < -0.3 is 5.11 Å². The van der Waals surface area contributed by atoms with Gasteiger partial charge in [-0.25, -0.2) is 0 Å². The Morgan fingerprint density at radius 3 is 2.76 bits per heavy atom. The summed E-state index contributed by atoms with van der Waals surface area (Å²) < 4.78 is 0. The fourth-order valence-corrected chi connectivity index (χ4v) is 2.20. The number of aliphatic hydroxyl groups is 1. The van der Waals surface area contributed by atoms with Gasteiger partial charge in [0.15, 0.2) is 0 Å². The second kappa shape index (κ2) is 4.63. The van der Waals surface area contributed by atoms with Gasteiger partial charge in [0.05, 0.1) is 11.0 Å². The molecule has 1 unspecified atom stereocenters. The van der Waals surface area contributed by atoms with Crippen LogP contribution in [0, 0.1) is 23.0 Å². The molecule has 17 heavy (non-hydrogen) atoms. The van der Waals surface area contributed by atoms with E-state index in [1.807, 2.05) is 0 Å². The van der Waals surface area contributed by atoms with E-state index >= 15 is 0 Å². The molecule has 0 radical (unpaired) electrons. The van der Waals surface area contributed by atoms with Crippen LogP contribution in [-0.4, -0.2) is 16.1 Å². The third-order valence-electron chi connectivity index (χ3n) is 3.20. The lowest BCUT2D eigenvalue weighted by Crippen LogP contribution is -2.13. The van der Waals surface area contributed by atoms with Crippen molar-refractivity contribution in [2.24, 2.45) is 5.92 Å². The van der Waals surface area contributed by atoms with Crippen LogP contribution in [0.2, 0.25) is 5.02 Å². The van der Waals surface area contributed by atoms with Crippen LogP contribution < -0.4 is 0 Å². The zero-order chi connectivity index (χ0) is 12.6. The van der Waals surface area contributed by atoms with E-state index in [2.05, 4.69) is 0 Å². The summed E-state index contributed by atoms with van der Waals surface area (Å²) in [6.45, 7) is 1.80. The van der Waals surface area contributed by atoms with Crippen molar-refractivity contribution in [1.29, 1.82) is 0 Å². The van der Waals surface area contributed by atoms with Crippen molar-refractivity contribution in [3.63, 3.8) is 0 Å². The highest BCUT2D eigenvalue weighted by atomic mass is 35.5. The van der Waals surface area contributed by atoms with E-state index in [9.17, 15) is 15.2 Å². The number of hydrogen-bond donors (Lipinski definition) is 1. The van der Waals surface area contributed by atoms with Gasteiger partial charge in [0, 0.05) is 6.07 Å². The predicted molar refractivity (Wildman–Crippen MR) is 65.3 cm³/mol. The molecule has 0 bridgehead atoms. The zero-order valence-corrected chi connectivity index (χ0v) is 10.3. The number of hydrogen-bond acceptors (Lipinski definition) is 3. The van der Waals surface area contributed by atoms with Crippen LogP contribution in [0.5, 0.6) is 0 Å². The van der Waals surface area contributed by atoms with Crippen LogP contribution in [0.3, 0.4) is 0 Å². The monoisotopic (exact) mass is 255 g/mol. The highest BCUT2D eigenvalue weighted by Gasteiger charge is 2.30. The largest absolute Gasteiger partial charge is 0.392 e. The molecule has 1 aliphatic rings. The molecule has 2 rings (SSSR count). The molecule has 1 saturated carbocycles. The van der Waals surface area contributed by atoms with Gasteiger partial charge in [0.25, 0.3) is 5.69 Å². The van der Waals surface area contributed by atoms with Gasteiger partial charge in [-0.1, -0.05) is 11.6 Å². The van der Waals surface area contributed by atoms with E-state index in [-0.39, 0.29) is 16.8 Å². The minimum Gasteiger partial charge on any atom is -0.392 e. The lowest BCUT2D eigenvalue weighted by Gasteiger charge is -2.12. The average molecular weight is 256 g/mol. The molecule has 4 nitrogen and oxygen atoms in total. The number of benzene rings is 1. The van der Waals surface area contributed by atoms with Gasteiger partial charge in [-0.2, -0.15) is 0 Å². The Labute approximate surface area is 104 Å². The van der Waals surface area contributed by atoms with Crippen molar-refractivity contribution >= 4 is 17.3 Å². The SMILES string of the molecule is Cc1cc([N+](=O)[O-])c(Cl)cc1CC(O)C1CC1. The van der Waals surface area contributed by atoms with Crippen LogP contribution in [0.15, 0.2) is 12.1 Å². The summed E-state index contributed by atoms with van der Waals surface area (Å²) in [5.74, 6) is 0.392. The summed E-state index contributed by atoms with van der Waals surface area (Å²) in [5.41, 5.74) is 1.62. The third-order valence-corrected chi connectivity index (χ3v) is 3.50. The van der Waals surface area contributed by atoms with Gasteiger partial charge in [-0.3, -0.25) is 10.1 Å². The van der Waals surface area contributed by atoms with Crippen molar-refractivity contribution in [1.82, 2.24) is 0 Å². The van der Waals surface area contributed by atoms with Crippen molar-refractivity contribution in [3.05, 3.63) is 38.4 Å². The molecule has 0 spiro atoms. The highest BCUT2D eigenvalue weighted by Crippen LogP contribution is 2.35. The zero-order valence-electron chi connectivity index (χ0n) is 9.52. The Morgan fingerprint density at radius 2 is 2.24 bits per heavy atom. The molecule has 5 heteroatoms. The van der Waals surface area contributed by atoms with E-state index in [4.69, 9.17) is 11.6 Å². The van der Waals surface area contributed by atoms with Crippen LogP contribution >= 0.6 is 11.6 Å². The van der Waals surface area contributed by atoms with Crippen LogP contribution in [-0.2, 0) is 6.42 Å². The average Bonchev–Trinajstić information content (AvgIpc) is 3.05. The molecule has 1 atom stereocenters. The number of aliphatic hydroxyl groups excluding tert-OH is 1. The summed E-state index contributed by atoms with van der Waals surface area (Å²) in [5, 5.41) is 20.7. The number of halogens is 1. The number of nitro groups is 1. The minimum atomic E-state index is -0.490. The van der Waals surface area contributed by atoms with E-state index in [0.29, 0.717) is 12.3 Å². The molecule has 1 N–H and O–H groups in total. The lowest BCUT2D eigenvalue weighted by molar-refractivity contribution is -0.384. The number of nitrogens with zero attached hydrogens (tertiary/aromatic N) is 1. The molecule has 0 aromatic heterocycles. The van der Waals surface area contributed by atoms with Crippen LogP contribution in [0.25, 0.3) is 0 Å². The highest BCUT2D eigenvalue weighted by molar-refractivity contribution is 6.32. The molecule has 1 aliphatic carbocycles. The second-order valence-electron chi connectivity index (χ2n) is 4.60. The second-order valence-corrected chi connectivity index (χ2v) is 5.00. The molecule has 92 valence electrons. The summed E-state index contributed by atoms with van der Waals surface area (Å²) in [4.78, 5) is 10.2. The quantitative estimate of drug-likeness (QED) is 0.665. The van der Waals surface area contributed by atoms with Gasteiger partial charge in [-0.15, -0.1) is 0 Å². The molecule has 0 heterocycles. The van der Waals surface area contributed by atoms with Gasteiger partial charge in [0.2, 0.25) is 0 Å². The van der Waals surface area contributed by atoms with E-state index in [1.165, 1.54) is 6.07 Å². The maximum atomic E-state index is 10.7. The Balaban J connectivity index is 2.22. The maximum Gasteiger partial charge on any atom is 0.288 e. The molecule has 1 fully saturated rings.